The summed E-state index contributed by atoms with van der Waals surface area (Å²) in [6.45, 7) is 0. The standard InChI is InChI=1S/C27H36N6O4/c34-23(14-19-9-5-2-6-10-19)27(37)33-22(15-20-16-28-17-31-20)26(36)32-21(13-18-7-3-1-4-8-18)24(35)25-29-11-12-30-25/h2,5-6,9-12,16-18,21-24,34-35H,1,3-4,7-8,13-15H2,(H,28,31)(H,29,30)(H,32,36)(H,33,37)/t21-,22-,23-,24+/m0/s1. The van der Waals surface area contributed by atoms with Gasteiger partial charge in [0.25, 0.3) is 0 Å². The molecule has 0 bridgehead atoms. The second-order valence-corrected chi connectivity index (χ2v) is 9.81. The van der Waals surface area contributed by atoms with Crippen LogP contribution in [0.1, 0.15) is 61.7 Å². The number of aliphatic hydroxyl groups excluding tert-OH is 2. The van der Waals surface area contributed by atoms with Crippen LogP contribution in [0.3, 0.4) is 0 Å². The average molecular weight is 509 g/mol. The van der Waals surface area contributed by atoms with Gasteiger partial charge in [-0.1, -0.05) is 62.4 Å². The van der Waals surface area contributed by atoms with Crippen molar-refractivity contribution in [3.05, 3.63) is 72.3 Å². The molecule has 198 valence electrons. The fourth-order valence-corrected chi connectivity index (χ4v) is 4.98. The molecule has 0 spiro atoms. The van der Waals surface area contributed by atoms with Crippen LogP contribution in [0.15, 0.2) is 55.2 Å². The first kappa shape index (κ1) is 26.6. The number of carbonyl (C=O) groups excluding carboxylic acids is 2. The van der Waals surface area contributed by atoms with Gasteiger partial charge >= 0.3 is 0 Å². The third-order valence-electron chi connectivity index (χ3n) is 7.00. The topological polar surface area (TPSA) is 156 Å². The number of nitrogens with one attached hydrogen (secondary N) is 4. The van der Waals surface area contributed by atoms with E-state index in [0.717, 1.165) is 31.2 Å². The number of aliphatic hydroxyl groups is 2. The van der Waals surface area contributed by atoms with Gasteiger partial charge in [0.1, 0.15) is 24.1 Å². The fourth-order valence-electron chi connectivity index (χ4n) is 4.98. The van der Waals surface area contributed by atoms with E-state index in [-0.39, 0.29) is 12.8 Å². The largest absolute Gasteiger partial charge is 0.383 e. The van der Waals surface area contributed by atoms with Gasteiger partial charge in [0.2, 0.25) is 11.8 Å². The quantitative estimate of drug-likeness (QED) is 0.220. The number of carbonyl (C=O) groups is 2. The normalized spacial score (nSPS) is 17.5. The summed E-state index contributed by atoms with van der Waals surface area (Å²) in [6.07, 6.45) is 10.5. The van der Waals surface area contributed by atoms with E-state index in [1.807, 2.05) is 30.3 Å². The zero-order valence-corrected chi connectivity index (χ0v) is 20.8. The number of nitrogens with zero attached hydrogens (tertiary/aromatic N) is 2. The maximum absolute atomic E-state index is 13.5. The number of imidazole rings is 2. The number of benzene rings is 1. The van der Waals surface area contributed by atoms with Crippen molar-refractivity contribution in [1.29, 1.82) is 0 Å². The van der Waals surface area contributed by atoms with Crippen LogP contribution in [0, 0.1) is 5.92 Å². The minimum atomic E-state index is -1.32. The fraction of sp³-hybridized carbons (Fsp3) is 0.481. The number of aromatic nitrogens is 4. The van der Waals surface area contributed by atoms with Crippen LogP contribution in [0.25, 0.3) is 0 Å². The maximum atomic E-state index is 13.5. The minimum absolute atomic E-state index is 0.130. The lowest BCUT2D eigenvalue weighted by molar-refractivity contribution is -0.134. The molecule has 2 aromatic heterocycles. The maximum Gasteiger partial charge on any atom is 0.249 e. The Morgan fingerprint density at radius 1 is 1.00 bits per heavy atom. The van der Waals surface area contributed by atoms with Crippen LogP contribution < -0.4 is 10.6 Å². The first-order chi connectivity index (χ1) is 18.0. The van der Waals surface area contributed by atoms with Crippen molar-refractivity contribution in [3.63, 3.8) is 0 Å². The molecular formula is C27H36N6O4. The van der Waals surface area contributed by atoms with Gasteiger partial charge in [0.05, 0.1) is 18.1 Å². The Hall–Kier alpha value is -3.50. The Bertz CT molecular complexity index is 1080. The zero-order valence-electron chi connectivity index (χ0n) is 20.8. The molecule has 2 heterocycles. The highest BCUT2D eigenvalue weighted by atomic mass is 16.3. The molecule has 2 amide bonds. The molecule has 37 heavy (non-hydrogen) atoms. The predicted molar refractivity (Wildman–Crippen MR) is 137 cm³/mol. The molecule has 1 aliphatic carbocycles. The summed E-state index contributed by atoms with van der Waals surface area (Å²) < 4.78 is 0. The summed E-state index contributed by atoms with van der Waals surface area (Å²) in [5, 5.41) is 27.3. The van der Waals surface area contributed by atoms with Gasteiger partial charge < -0.3 is 30.8 Å². The van der Waals surface area contributed by atoms with Crippen molar-refractivity contribution in [2.45, 2.75) is 75.7 Å². The summed E-state index contributed by atoms with van der Waals surface area (Å²) in [4.78, 5) is 40.6. The van der Waals surface area contributed by atoms with Gasteiger partial charge in [0.15, 0.2) is 0 Å². The van der Waals surface area contributed by atoms with E-state index < -0.39 is 36.1 Å². The van der Waals surface area contributed by atoms with Crippen molar-refractivity contribution in [3.8, 4) is 0 Å². The van der Waals surface area contributed by atoms with Crippen LogP contribution in [-0.4, -0.2) is 60.2 Å². The molecule has 0 saturated heterocycles. The van der Waals surface area contributed by atoms with Crippen LogP contribution in [0.2, 0.25) is 0 Å². The van der Waals surface area contributed by atoms with Crippen molar-refractivity contribution in [2.75, 3.05) is 0 Å². The van der Waals surface area contributed by atoms with E-state index in [1.165, 1.54) is 12.7 Å². The summed E-state index contributed by atoms with van der Waals surface area (Å²) in [5.41, 5.74) is 1.40. The van der Waals surface area contributed by atoms with Crippen molar-refractivity contribution < 1.29 is 19.8 Å². The van der Waals surface area contributed by atoms with Crippen LogP contribution in [-0.2, 0) is 22.4 Å². The molecule has 0 unspecified atom stereocenters. The molecular weight excluding hydrogens is 472 g/mol. The van der Waals surface area contributed by atoms with E-state index in [4.69, 9.17) is 0 Å². The average Bonchev–Trinajstić information content (AvgIpc) is 3.63. The highest BCUT2D eigenvalue weighted by Crippen LogP contribution is 2.30. The molecule has 10 heteroatoms. The Labute approximate surface area is 216 Å². The van der Waals surface area contributed by atoms with Crippen molar-refractivity contribution in [2.24, 2.45) is 5.92 Å². The molecule has 0 radical (unpaired) electrons. The predicted octanol–water partition coefficient (Wildman–Crippen LogP) is 1.95. The SMILES string of the molecule is O=C(N[C@@H](CC1CCCCC1)[C@@H](O)c1ncc[nH]1)[C@H](Cc1c[nH]cn1)NC(=O)[C@@H](O)Cc1ccccc1. The smallest absolute Gasteiger partial charge is 0.249 e. The summed E-state index contributed by atoms with van der Waals surface area (Å²) in [6, 6.07) is 7.62. The summed E-state index contributed by atoms with van der Waals surface area (Å²) in [7, 11) is 0. The highest BCUT2D eigenvalue weighted by Gasteiger charge is 2.32. The molecule has 1 aliphatic rings. The van der Waals surface area contributed by atoms with Gasteiger partial charge in [-0.05, 0) is 17.9 Å². The Kier molecular flexibility index (Phi) is 9.45. The number of aromatic amines is 2. The molecule has 1 aromatic carbocycles. The first-order valence-corrected chi connectivity index (χ1v) is 13.0. The molecule has 10 nitrogen and oxygen atoms in total. The van der Waals surface area contributed by atoms with Gasteiger partial charge in [0, 0.05) is 31.4 Å². The second kappa shape index (κ2) is 13.2. The van der Waals surface area contributed by atoms with E-state index >= 15 is 0 Å². The lowest BCUT2D eigenvalue weighted by atomic mass is 9.83. The van der Waals surface area contributed by atoms with E-state index in [0.29, 0.717) is 23.9 Å². The lowest BCUT2D eigenvalue weighted by Gasteiger charge is -2.31. The molecule has 4 rings (SSSR count). The van der Waals surface area contributed by atoms with Crippen molar-refractivity contribution >= 4 is 11.8 Å². The molecule has 1 fully saturated rings. The van der Waals surface area contributed by atoms with Gasteiger partial charge in [-0.3, -0.25) is 9.59 Å². The Morgan fingerprint density at radius 2 is 1.78 bits per heavy atom. The highest BCUT2D eigenvalue weighted by molar-refractivity contribution is 5.89. The van der Waals surface area contributed by atoms with Crippen LogP contribution in [0.4, 0.5) is 0 Å². The molecule has 6 N–H and O–H groups in total. The second-order valence-electron chi connectivity index (χ2n) is 9.81. The molecule has 4 atom stereocenters. The van der Waals surface area contributed by atoms with E-state index in [2.05, 4.69) is 30.6 Å². The van der Waals surface area contributed by atoms with Crippen LogP contribution >= 0.6 is 0 Å². The third kappa shape index (κ3) is 7.74. The first-order valence-electron chi connectivity index (χ1n) is 13.0. The number of amides is 2. The summed E-state index contributed by atoms with van der Waals surface area (Å²) >= 11 is 0. The number of H-pyrrole nitrogens is 2. The lowest BCUT2D eigenvalue weighted by Crippen LogP contribution is -2.54. The van der Waals surface area contributed by atoms with Crippen molar-refractivity contribution in [1.82, 2.24) is 30.6 Å². The molecule has 0 aliphatic heterocycles. The molecule has 3 aromatic rings. The van der Waals surface area contributed by atoms with Gasteiger partial charge in [-0.25, -0.2) is 9.97 Å². The third-order valence-corrected chi connectivity index (χ3v) is 7.00. The number of rotatable bonds is 12. The molecule has 1 saturated carbocycles. The minimum Gasteiger partial charge on any atom is -0.383 e. The summed E-state index contributed by atoms with van der Waals surface area (Å²) in [5.74, 6) is -0.326. The van der Waals surface area contributed by atoms with E-state index in [1.54, 1.807) is 18.6 Å². The van der Waals surface area contributed by atoms with E-state index in [9.17, 15) is 19.8 Å². The Morgan fingerprint density at radius 3 is 2.46 bits per heavy atom. The Balaban J connectivity index is 1.47. The number of hydrogen-bond acceptors (Lipinski definition) is 6. The van der Waals surface area contributed by atoms with Crippen LogP contribution in [0.5, 0.6) is 0 Å². The monoisotopic (exact) mass is 508 g/mol. The van der Waals surface area contributed by atoms with Gasteiger partial charge in [-0.2, -0.15) is 0 Å². The van der Waals surface area contributed by atoms with Gasteiger partial charge in [-0.15, -0.1) is 0 Å². The number of hydrogen-bond donors (Lipinski definition) is 6. The zero-order chi connectivity index (χ0) is 26.0.